The molecular formula is C10H15NO3. The van der Waals surface area contributed by atoms with Gasteiger partial charge in [-0.15, -0.1) is 0 Å². The monoisotopic (exact) mass is 197 g/mol. The maximum absolute atomic E-state index is 11.5. The lowest BCUT2D eigenvalue weighted by molar-refractivity contribution is -0.152. The van der Waals surface area contributed by atoms with E-state index in [1.54, 1.807) is 0 Å². The molecule has 0 radical (unpaired) electrons. The largest absolute Gasteiger partial charge is 0.458 e. The first-order valence-electron chi connectivity index (χ1n) is 5.07. The van der Waals surface area contributed by atoms with Gasteiger partial charge in [-0.2, -0.15) is 0 Å². The number of carbonyl (C=O) groups excluding carboxylic acids is 2. The van der Waals surface area contributed by atoms with E-state index in [9.17, 15) is 9.59 Å². The van der Waals surface area contributed by atoms with Crippen LogP contribution in [0.2, 0.25) is 0 Å². The van der Waals surface area contributed by atoms with Gasteiger partial charge < -0.3 is 10.5 Å². The highest BCUT2D eigenvalue weighted by atomic mass is 16.6. The first-order valence-corrected chi connectivity index (χ1v) is 5.07. The first kappa shape index (κ1) is 9.49. The van der Waals surface area contributed by atoms with Crippen LogP contribution in [0.4, 0.5) is 0 Å². The van der Waals surface area contributed by atoms with Crippen molar-refractivity contribution in [1.82, 2.24) is 0 Å². The first-order chi connectivity index (χ1) is 6.54. The van der Waals surface area contributed by atoms with Crippen molar-refractivity contribution >= 4 is 11.9 Å². The number of hydrogen-bond acceptors (Lipinski definition) is 3. The molecule has 14 heavy (non-hydrogen) atoms. The Balaban J connectivity index is 2.29. The molecule has 2 rings (SSSR count). The van der Waals surface area contributed by atoms with Crippen LogP contribution in [-0.4, -0.2) is 17.5 Å². The number of hydrogen-bond donors (Lipinski definition) is 1. The summed E-state index contributed by atoms with van der Waals surface area (Å²) in [6, 6.07) is 0. The summed E-state index contributed by atoms with van der Waals surface area (Å²) in [4.78, 5) is 22.6. The smallest absolute Gasteiger partial charge is 0.319 e. The molecule has 4 nitrogen and oxygen atoms in total. The van der Waals surface area contributed by atoms with Gasteiger partial charge in [-0.1, -0.05) is 6.42 Å². The molecule has 1 saturated carbocycles. The van der Waals surface area contributed by atoms with Gasteiger partial charge in [-0.05, 0) is 26.2 Å². The van der Waals surface area contributed by atoms with Crippen LogP contribution < -0.4 is 5.73 Å². The quantitative estimate of drug-likeness (QED) is 0.494. The lowest BCUT2D eigenvalue weighted by Crippen LogP contribution is -2.40. The zero-order valence-electron chi connectivity index (χ0n) is 8.29. The van der Waals surface area contributed by atoms with Gasteiger partial charge >= 0.3 is 5.97 Å². The topological polar surface area (TPSA) is 69.4 Å². The normalized spacial score (nSPS) is 41.6. The Hall–Kier alpha value is -1.06. The van der Waals surface area contributed by atoms with Crippen LogP contribution in [-0.2, 0) is 14.3 Å². The second-order valence-electron chi connectivity index (χ2n) is 4.47. The molecule has 0 bridgehead atoms. The molecule has 0 unspecified atom stereocenters. The number of nitrogens with two attached hydrogens (primary N) is 1. The molecule has 1 saturated heterocycles. The van der Waals surface area contributed by atoms with Gasteiger partial charge in [0.2, 0.25) is 5.91 Å². The average Bonchev–Trinajstić information content (AvgIpc) is 2.34. The fraction of sp³-hybridized carbons (Fsp3) is 0.800. The van der Waals surface area contributed by atoms with Gasteiger partial charge in [0.05, 0.1) is 0 Å². The van der Waals surface area contributed by atoms with Crippen LogP contribution in [0.15, 0.2) is 0 Å². The third-order valence-electron chi connectivity index (χ3n) is 3.52. The Kier molecular flexibility index (Phi) is 2.01. The summed E-state index contributed by atoms with van der Waals surface area (Å²) in [6.07, 6.45) is 3.84. The second kappa shape index (κ2) is 2.97. The number of esters is 1. The van der Waals surface area contributed by atoms with Crippen molar-refractivity contribution in [3.05, 3.63) is 0 Å². The molecule has 3 atom stereocenters. The van der Waals surface area contributed by atoms with Gasteiger partial charge in [0.25, 0.3) is 0 Å². The van der Waals surface area contributed by atoms with Crippen LogP contribution in [0.3, 0.4) is 0 Å². The highest BCUT2D eigenvalue weighted by Crippen LogP contribution is 2.46. The van der Waals surface area contributed by atoms with Crippen LogP contribution in [0.25, 0.3) is 0 Å². The number of fused-ring (bicyclic) bond motifs is 1. The minimum absolute atomic E-state index is 0.00116. The average molecular weight is 197 g/mol. The minimum atomic E-state index is -0.708. The van der Waals surface area contributed by atoms with Gasteiger partial charge in [0.15, 0.2) is 0 Å². The highest BCUT2D eigenvalue weighted by molar-refractivity contribution is 5.99. The Labute approximate surface area is 82.8 Å². The van der Waals surface area contributed by atoms with Crippen molar-refractivity contribution in [3.63, 3.8) is 0 Å². The molecule has 1 amide bonds. The van der Waals surface area contributed by atoms with Gasteiger partial charge in [0, 0.05) is 5.92 Å². The number of rotatable bonds is 1. The van der Waals surface area contributed by atoms with Crippen LogP contribution in [0, 0.1) is 11.8 Å². The number of primary amides is 1. The summed E-state index contributed by atoms with van der Waals surface area (Å²) in [5.41, 5.74) is 4.78. The summed E-state index contributed by atoms with van der Waals surface area (Å²) < 4.78 is 5.29. The van der Waals surface area contributed by atoms with Crippen molar-refractivity contribution in [2.45, 2.75) is 38.2 Å². The predicted octanol–water partition coefficient (Wildman–Crippen LogP) is 0.594. The molecule has 0 aromatic heterocycles. The van der Waals surface area contributed by atoms with Crippen LogP contribution >= 0.6 is 0 Å². The molecule has 1 heterocycles. The fourth-order valence-electron chi connectivity index (χ4n) is 2.75. The highest BCUT2D eigenvalue weighted by Gasteiger charge is 2.55. The van der Waals surface area contributed by atoms with E-state index in [4.69, 9.17) is 10.5 Å². The van der Waals surface area contributed by atoms with E-state index in [1.165, 1.54) is 0 Å². The summed E-state index contributed by atoms with van der Waals surface area (Å²) in [6.45, 7) is 1.91. The summed E-state index contributed by atoms with van der Waals surface area (Å²) >= 11 is 0. The van der Waals surface area contributed by atoms with E-state index >= 15 is 0 Å². The molecular weight excluding hydrogens is 182 g/mol. The van der Waals surface area contributed by atoms with Crippen molar-refractivity contribution in [2.24, 2.45) is 17.6 Å². The Bertz CT molecular complexity index is 289. The maximum Gasteiger partial charge on any atom is 0.319 e. The zero-order chi connectivity index (χ0) is 10.3. The van der Waals surface area contributed by atoms with Crippen molar-refractivity contribution in [2.75, 3.05) is 0 Å². The Morgan fingerprint density at radius 2 is 2.29 bits per heavy atom. The van der Waals surface area contributed by atoms with Crippen molar-refractivity contribution < 1.29 is 14.3 Å². The van der Waals surface area contributed by atoms with Gasteiger partial charge in [-0.25, -0.2) is 0 Å². The predicted molar refractivity (Wildman–Crippen MR) is 49.1 cm³/mol. The summed E-state index contributed by atoms with van der Waals surface area (Å²) in [7, 11) is 0. The van der Waals surface area contributed by atoms with E-state index in [0.717, 1.165) is 25.7 Å². The van der Waals surface area contributed by atoms with E-state index in [-0.39, 0.29) is 5.92 Å². The second-order valence-corrected chi connectivity index (χ2v) is 4.47. The summed E-state index contributed by atoms with van der Waals surface area (Å²) in [5.74, 6) is -1.67. The molecule has 2 fully saturated rings. The third-order valence-corrected chi connectivity index (χ3v) is 3.52. The number of ether oxygens (including phenoxy) is 1. The minimum Gasteiger partial charge on any atom is -0.458 e. The molecule has 1 aliphatic heterocycles. The third kappa shape index (κ3) is 1.21. The molecule has 2 N–H and O–H groups in total. The fourth-order valence-corrected chi connectivity index (χ4v) is 2.75. The Morgan fingerprint density at radius 1 is 1.57 bits per heavy atom. The van der Waals surface area contributed by atoms with Crippen LogP contribution in [0.1, 0.15) is 32.6 Å². The molecule has 4 heteroatoms. The molecule has 2 aliphatic rings. The Morgan fingerprint density at radius 3 is 2.93 bits per heavy atom. The molecule has 1 aliphatic carbocycles. The van der Waals surface area contributed by atoms with Gasteiger partial charge in [-0.3, -0.25) is 9.59 Å². The van der Waals surface area contributed by atoms with Gasteiger partial charge in [0.1, 0.15) is 11.5 Å². The van der Waals surface area contributed by atoms with Crippen LogP contribution in [0.5, 0.6) is 0 Å². The van der Waals surface area contributed by atoms with Crippen molar-refractivity contribution in [3.8, 4) is 0 Å². The van der Waals surface area contributed by atoms with E-state index in [0.29, 0.717) is 0 Å². The summed E-state index contributed by atoms with van der Waals surface area (Å²) in [5, 5.41) is 0. The molecule has 78 valence electrons. The SMILES string of the molecule is C[C@]12CCCC[C@H]1[C@H](C(N)=O)C(=O)O2. The van der Waals surface area contributed by atoms with E-state index in [2.05, 4.69) is 0 Å². The lowest BCUT2D eigenvalue weighted by atomic mass is 9.72. The van der Waals surface area contributed by atoms with E-state index in [1.807, 2.05) is 6.92 Å². The number of amides is 1. The maximum atomic E-state index is 11.5. The standard InChI is InChI=1S/C10H15NO3/c1-10-5-3-2-4-6(10)7(8(11)12)9(13)14-10/h6-7H,2-5H2,1H3,(H2,11,12)/t6-,7+,10-/m0/s1. The molecule has 0 spiro atoms. The molecule has 0 aromatic rings. The molecule has 0 aromatic carbocycles. The van der Waals surface area contributed by atoms with E-state index < -0.39 is 23.4 Å². The zero-order valence-corrected chi connectivity index (χ0v) is 8.29. The lowest BCUT2D eigenvalue weighted by Gasteiger charge is -2.34. The van der Waals surface area contributed by atoms with Crippen molar-refractivity contribution in [1.29, 1.82) is 0 Å². The number of carbonyl (C=O) groups is 2.